The van der Waals surface area contributed by atoms with Crippen LogP contribution in [0.5, 0.6) is 0 Å². The number of carbonyl (C=O) groups is 1. The first-order valence-corrected chi connectivity index (χ1v) is 8.62. The van der Waals surface area contributed by atoms with E-state index in [9.17, 15) is 19.1 Å². The number of anilines is 1. The zero-order valence-corrected chi connectivity index (χ0v) is 14.5. The minimum Gasteiger partial charge on any atom is -0.477 e. The molecule has 1 aliphatic carbocycles. The maximum absolute atomic E-state index is 14.8. The van der Waals surface area contributed by atoms with Crippen molar-refractivity contribution in [3.05, 3.63) is 52.1 Å². The van der Waals surface area contributed by atoms with Gasteiger partial charge in [0.15, 0.2) is 0 Å². The summed E-state index contributed by atoms with van der Waals surface area (Å²) in [5.41, 5.74) is 1.01. The summed E-state index contributed by atoms with van der Waals surface area (Å²) in [4.78, 5) is 25.8. The Morgan fingerprint density at radius 3 is 2.69 bits per heavy atom. The third-order valence-corrected chi connectivity index (χ3v) is 5.25. The fourth-order valence-corrected chi connectivity index (χ4v) is 3.66. The molecule has 2 fully saturated rings. The lowest BCUT2D eigenvalue weighted by Gasteiger charge is -2.21. The van der Waals surface area contributed by atoms with Crippen molar-refractivity contribution in [2.75, 3.05) is 25.0 Å². The van der Waals surface area contributed by atoms with E-state index < -0.39 is 17.2 Å². The molecule has 0 amide bonds. The molecule has 26 heavy (non-hydrogen) atoms. The highest BCUT2D eigenvalue weighted by Crippen LogP contribution is 2.38. The SMILES string of the molecule is C=C1CN(c2cc3c(cc2F)c(=O)c(C(=O)O)cn3C2CC2)C[C@H]1NC. The lowest BCUT2D eigenvalue weighted by atomic mass is 10.1. The standard InChI is InChI=1S/C19H20FN3O3/c1-10-7-22(9-15(10)21-2)17-6-16-12(5-14(17)20)18(24)13(19(25)26)8-23(16)11-3-4-11/h5-6,8,11,15,21H,1,3-4,7,9H2,2H3,(H,25,26)/t15-/m1/s1. The Bertz CT molecular complexity index is 994. The summed E-state index contributed by atoms with van der Waals surface area (Å²) < 4.78 is 16.6. The van der Waals surface area contributed by atoms with E-state index in [2.05, 4.69) is 11.9 Å². The summed E-state index contributed by atoms with van der Waals surface area (Å²) >= 11 is 0. The van der Waals surface area contributed by atoms with E-state index in [1.54, 1.807) is 6.07 Å². The minimum atomic E-state index is -1.29. The predicted octanol–water partition coefficient (Wildman–Crippen LogP) is 2.14. The molecule has 1 atom stereocenters. The monoisotopic (exact) mass is 357 g/mol. The van der Waals surface area contributed by atoms with Crippen molar-refractivity contribution >= 4 is 22.6 Å². The van der Waals surface area contributed by atoms with Crippen molar-refractivity contribution in [3.8, 4) is 0 Å². The first-order chi connectivity index (χ1) is 12.4. The van der Waals surface area contributed by atoms with Gasteiger partial charge in [-0.15, -0.1) is 0 Å². The van der Waals surface area contributed by atoms with Crippen LogP contribution in [0.3, 0.4) is 0 Å². The van der Waals surface area contributed by atoms with E-state index in [-0.39, 0.29) is 23.0 Å². The van der Waals surface area contributed by atoms with Gasteiger partial charge in [-0.05, 0) is 37.6 Å². The molecule has 0 unspecified atom stereocenters. The molecule has 1 aliphatic heterocycles. The number of benzene rings is 1. The average molecular weight is 357 g/mol. The molecule has 7 heteroatoms. The lowest BCUT2D eigenvalue weighted by Crippen LogP contribution is -2.30. The molecule has 1 saturated carbocycles. The van der Waals surface area contributed by atoms with Crippen LogP contribution in [0.2, 0.25) is 0 Å². The van der Waals surface area contributed by atoms with Gasteiger partial charge in [-0.3, -0.25) is 4.79 Å². The molecule has 2 heterocycles. The normalized spacial score (nSPS) is 20.2. The van der Waals surface area contributed by atoms with Crippen LogP contribution in [-0.2, 0) is 0 Å². The number of nitrogens with zero attached hydrogens (tertiary/aromatic N) is 2. The third-order valence-electron chi connectivity index (χ3n) is 5.25. The van der Waals surface area contributed by atoms with Gasteiger partial charge < -0.3 is 19.9 Å². The van der Waals surface area contributed by atoms with Crippen molar-refractivity contribution in [3.63, 3.8) is 0 Å². The Kier molecular flexibility index (Phi) is 3.84. The molecule has 2 aliphatic rings. The number of nitrogens with one attached hydrogen (secondary N) is 1. The number of rotatable bonds is 4. The van der Waals surface area contributed by atoms with Gasteiger partial charge >= 0.3 is 5.97 Å². The van der Waals surface area contributed by atoms with Gasteiger partial charge in [0, 0.05) is 36.8 Å². The van der Waals surface area contributed by atoms with Crippen LogP contribution in [0.4, 0.5) is 10.1 Å². The predicted molar refractivity (Wildman–Crippen MR) is 97.6 cm³/mol. The second-order valence-corrected chi connectivity index (χ2v) is 7.02. The Hall–Kier alpha value is -2.67. The van der Waals surface area contributed by atoms with Crippen LogP contribution in [0.15, 0.2) is 35.3 Å². The summed E-state index contributed by atoms with van der Waals surface area (Å²) in [6.07, 6.45) is 3.24. The molecule has 1 aromatic heterocycles. The largest absolute Gasteiger partial charge is 0.477 e. The van der Waals surface area contributed by atoms with Gasteiger partial charge in [-0.1, -0.05) is 6.58 Å². The second kappa shape index (κ2) is 5.95. The average Bonchev–Trinajstić information content (AvgIpc) is 3.37. The molecular weight excluding hydrogens is 337 g/mol. The summed E-state index contributed by atoms with van der Waals surface area (Å²) in [5.74, 6) is -1.81. The number of aromatic carboxylic acids is 1. The molecule has 0 bridgehead atoms. The van der Waals surface area contributed by atoms with Gasteiger partial charge in [0.2, 0.25) is 5.43 Å². The van der Waals surface area contributed by atoms with Crippen LogP contribution < -0.4 is 15.6 Å². The van der Waals surface area contributed by atoms with Gasteiger partial charge in [0.05, 0.1) is 11.2 Å². The Labute approximate surface area is 149 Å². The third kappa shape index (κ3) is 2.59. The second-order valence-electron chi connectivity index (χ2n) is 7.02. The summed E-state index contributed by atoms with van der Waals surface area (Å²) in [7, 11) is 1.84. The van der Waals surface area contributed by atoms with E-state index in [1.165, 1.54) is 12.3 Å². The van der Waals surface area contributed by atoms with Crippen LogP contribution in [-0.4, -0.2) is 41.8 Å². The summed E-state index contributed by atoms with van der Waals surface area (Å²) in [5, 5.41) is 12.6. The Balaban J connectivity index is 1.90. The van der Waals surface area contributed by atoms with Crippen molar-refractivity contribution in [1.82, 2.24) is 9.88 Å². The number of halogens is 1. The first-order valence-electron chi connectivity index (χ1n) is 8.62. The number of hydrogen-bond acceptors (Lipinski definition) is 4. The van der Waals surface area contributed by atoms with E-state index >= 15 is 0 Å². The fraction of sp³-hybridized carbons (Fsp3) is 0.368. The Morgan fingerprint density at radius 2 is 2.12 bits per heavy atom. The molecule has 0 radical (unpaired) electrons. The highest BCUT2D eigenvalue weighted by molar-refractivity contribution is 5.93. The van der Waals surface area contributed by atoms with E-state index in [0.717, 1.165) is 18.4 Å². The van der Waals surface area contributed by atoms with Crippen molar-refractivity contribution in [2.24, 2.45) is 0 Å². The van der Waals surface area contributed by atoms with E-state index in [4.69, 9.17) is 0 Å². The van der Waals surface area contributed by atoms with E-state index in [0.29, 0.717) is 24.3 Å². The van der Waals surface area contributed by atoms with E-state index in [1.807, 2.05) is 16.5 Å². The van der Waals surface area contributed by atoms with Gasteiger partial charge in [0.1, 0.15) is 11.4 Å². The Morgan fingerprint density at radius 1 is 1.38 bits per heavy atom. The summed E-state index contributed by atoms with van der Waals surface area (Å²) in [6, 6.07) is 3.09. The van der Waals surface area contributed by atoms with Crippen LogP contribution in [0, 0.1) is 5.82 Å². The topological polar surface area (TPSA) is 74.6 Å². The molecule has 1 saturated heterocycles. The van der Waals surface area contributed by atoms with Crippen LogP contribution >= 0.6 is 0 Å². The number of likely N-dealkylation sites (N-methyl/N-ethyl adjacent to an activating group) is 1. The van der Waals surface area contributed by atoms with Crippen molar-refractivity contribution in [2.45, 2.75) is 24.9 Å². The molecule has 136 valence electrons. The maximum atomic E-state index is 14.8. The van der Waals surface area contributed by atoms with Crippen molar-refractivity contribution in [1.29, 1.82) is 0 Å². The number of pyridine rings is 1. The number of hydrogen-bond donors (Lipinski definition) is 2. The molecule has 4 rings (SSSR count). The minimum absolute atomic E-state index is 0.0881. The number of fused-ring (bicyclic) bond motifs is 1. The smallest absolute Gasteiger partial charge is 0.341 e. The van der Waals surface area contributed by atoms with Crippen LogP contribution in [0.1, 0.15) is 29.2 Å². The highest BCUT2D eigenvalue weighted by atomic mass is 19.1. The lowest BCUT2D eigenvalue weighted by molar-refractivity contribution is 0.0695. The molecule has 1 aromatic carbocycles. The molecule has 0 spiro atoms. The molecule has 2 N–H and O–H groups in total. The quantitative estimate of drug-likeness (QED) is 0.820. The number of carboxylic acids is 1. The van der Waals surface area contributed by atoms with Crippen LogP contribution in [0.25, 0.3) is 10.9 Å². The number of aromatic nitrogens is 1. The molecule has 6 nitrogen and oxygen atoms in total. The van der Waals surface area contributed by atoms with Gasteiger partial charge in [-0.25, -0.2) is 9.18 Å². The molecule has 2 aromatic rings. The zero-order valence-electron chi connectivity index (χ0n) is 14.5. The zero-order chi connectivity index (χ0) is 18.6. The van der Waals surface area contributed by atoms with Gasteiger partial charge in [-0.2, -0.15) is 0 Å². The first kappa shape index (κ1) is 16.8. The van der Waals surface area contributed by atoms with Crippen molar-refractivity contribution < 1.29 is 14.3 Å². The summed E-state index contributed by atoms with van der Waals surface area (Å²) in [6.45, 7) is 5.16. The highest BCUT2D eigenvalue weighted by Gasteiger charge is 2.30. The maximum Gasteiger partial charge on any atom is 0.341 e. The van der Waals surface area contributed by atoms with Gasteiger partial charge in [0.25, 0.3) is 0 Å². The molecular formula is C19H20FN3O3. The number of carboxylic acid groups (broad SMARTS) is 1. The fourth-order valence-electron chi connectivity index (χ4n) is 3.66.